The van der Waals surface area contributed by atoms with Crippen LogP contribution in [-0.4, -0.2) is 79.2 Å². The van der Waals surface area contributed by atoms with Crippen molar-refractivity contribution in [3.05, 3.63) is 0 Å². The zero-order valence-corrected chi connectivity index (χ0v) is 11.2. The van der Waals surface area contributed by atoms with E-state index in [1.807, 2.05) is 0 Å². The van der Waals surface area contributed by atoms with E-state index in [2.05, 4.69) is 9.47 Å². The quantitative estimate of drug-likeness (QED) is 0.630. The van der Waals surface area contributed by atoms with Crippen molar-refractivity contribution < 1.29 is 33.8 Å². The minimum absolute atomic E-state index is 0.0486. The fourth-order valence-electron chi connectivity index (χ4n) is 1.62. The molecule has 0 spiro atoms. The predicted octanol–water partition coefficient (Wildman–Crippen LogP) is -1.23. The number of carbonyl (C=O) groups is 4. The number of esters is 2. The highest BCUT2D eigenvalue weighted by atomic mass is 16.5. The number of carboxylic acid groups (broad SMARTS) is 1. The summed E-state index contributed by atoms with van der Waals surface area (Å²) < 4.78 is 8.88. The maximum Gasteiger partial charge on any atom is 0.325 e. The molecule has 20 heavy (non-hydrogen) atoms. The summed E-state index contributed by atoms with van der Waals surface area (Å²) in [5.41, 5.74) is 0. The zero-order valence-electron chi connectivity index (χ0n) is 11.2. The number of carboxylic acids is 1. The van der Waals surface area contributed by atoms with Crippen LogP contribution >= 0.6 is 0 Å². The van der Waals surface area contributed by atoms with E-state index in [-0.39, 0.29) is 13.1 Å². The van der Waals surface area contributed by atoms with Gasteiger partial charge in [0.25, 0.3) is 0 Å². The van der Waals surface area contributed by atoms with Crippen LogP contribution in [0.5, 0.6) is 0 Å². The van der Waals surface area contributed by atoms with Crippen LogP contribution in [0.25, 0.3) is 0 Å². The molecule has 112 valence electrons. The number of hydrogen-bond donors (Lipinski definition) is 1. The molecule has 1 N–H and O–H groups in total. The van der Waals surface area contributed by atoms with E-state index in [1.54, 1.807) is 0 Å². The van der Waals surface area contributed by atoms with Gasteiger partial charge in [0.05, 0.1) is 20.1 Å². The predicted molar refractivity (Wildman–Crippen MR) is 63.7 cm³/mol. The fraction of sp³-hybridized carbons (Fsp3) is 0.636. The molecule has 0 saturated carbocycles. The molecule has 0 aromatic carbocycles. The Kier molecular flexibility index (Phi) is 5.30. The van der Waals surface area contributed by atoms with Crippen LogP contribution in [0.1, 0.15) is 0 Å². The highest BCUT2D eigenvalue weighted by Crippen LogP contribution is 2.17. The molecule has 1 aliphatic heterocycles. The summed E-state index contributed by atoms with van der Waals surface area (Å²) in [6.07, 6.45) is 0. The van der Waals surface area contributed by atoms with E-state index in [4.69, 9.17) is 5.11 Å². The largest absolute Gasteiger partial charge is 0.481 e. The molecule has 1 heterocycles. The lowest BCUT2D eigenvalue weighted by Crippen LogP contribution is -2.58. The molecule has 1 aliphatic rings. The van der Waals surface area contributed by atoms with Crippen molar-refractivity contribution in [3.8, 4) is 0 Å². The van der Waals surface area contributed by atoms with Crippen LogP contribution < -0.4 is 0 Å². The summed E-state index contributed by atoms with van der Waals surface area (Å²) in [4.78, 5) is 47.3. The first-order valence-corrected chi connectivity index (χ1v) is 5.79. The lowest BCUT2D eigenvalue weighted by molar-refractivity contribution is -0.148. The van der Waals surface area contributed by atoms with Gasteiger partial charge in [0.15, 0.2) is 0 Å². The highest BCUT2D eigenvalue weighted by Gasteiger charge is 2.38. The van der Waals surface area contributed by atoms with Crippen LogP contribution in [0.4, 0.5) is 4.79 Å². The van der Waals surface area contributed by atoms with Crippen LogP contribution in [-0.2, 0) is 23.9 Å². The molecular weight excluding hydrogens is 272 g/mol. The Balaban J connectivity index is 2.62. The Bertz CT molecular complexity index is 399. The Labute approximate surface area is 115 Å². The van der Waals surface area contributed by atoms with Crippen molar-refractivity contribution in [2.24, 2.45) is 5.92 Å². The van der Waals surface area contributed by atoms with Gasteiger partial charge in [-0.15, -0.1) is 0 Å². The zero-order chi connectivity index (χ0) is 15.3. The van der Waals surface area contributed by atoms with Crippen molar-refractivity contribution in [1.29, 1.82) is 0 Å². The number of carbonyl (C=O) groups excluding carboxylic acids is 3. The SMILES string of the molecule is COC(=O)CN(CC(=O)OC)C(=O)N1CC(C(=O)O)C1. The topological polar surface area (TPSA) is 113 Å². The van der Waals surface area contributed by atoms with Gasteiger partial charge in [-0.1, -0.05) is 0 Å². The van der Waals surface area contributed by atoms with Crippen molar-refractivity contribution in [2.45, 2.75) is 0 Å². The third kappa shape index (κ3) is 3.84. The van der Waals surface area contributed by atoms with E-state index >= 15 is 0 Å². The lowest BCUT2D eigenvalue weighted by Gasteiger charge is -2.39. The summed E-state index contributed by atoms with van der Waals surface area (Å²) in [7, 11) is 2.32. The minimum Gasteiger partial charge on any atom is -0.481 e. The van der Waals surface area contributed by atoms with E-state index in [0.29, 0.717) is 0 Å². The Morgan fingerprint density at radius 3 is 1.90 bits per heavy atom. The smallest absolute Gasteiger partial charge is 0.325 e. The summed E-state index contributed by atoms with van der Waals surface area (Å²) in [5, 5.41) is 8.74. The second-order valence-corrected chi connectivity index (χ2v) is 4.23. The van der Waals surface area contributed by atoms with Gasteiger partial charge in [-0.25, -0.2) is 4.79 Å². The van der Waals surface area contributed by atoms with E-state index < -0.39 is 42.9 Å². The van der Waals surface area contributed by atoms with Gasteiger partial charge in [-0.2, -0.15) is 0 Å². The second-order valence-electron chi connectivity index (χ2n) is 4.23. The second kappa shape index (κ2) is 6.73. The molecule has 1 rings (SSSR count). The van der Waals surface area contributed by atoms with E-state index in [0.717, 1.165) is 19.1 Å². The van der Waals surface area contributed by atoms with Gasteiger partial charge in [0, 0.05) is 13.1 Å². The first-order chi connectivity index (χ1) is 9.38. The Morgan fingerprint density at radius 1 is 1.10 bits per heavy atom. The van der Waals surface area contributed by atoms with Gasteiger partial charge in [0.1, 0.15) is 13.1 Å². The molecule has 2 amide bonds. The molecule has 9 nitrogen and oxygen atoms in total. The maximum absolute atomic E-state index is 12.0. The number of rotatable bonds is 5. The van der Waals surface area contributed by atoms with Crippen LogP contribution in [0, 0.1) is 5.92 Å². The molecule has 0 aliphatic carbocycles. The molecule has 0 unspecified atom stereocenters. The summed E-state index contributed by atoms with van der Waals surface area (Å²) in [5.74, 6) is -2.96. The van der Waals surface area contributed by atoms with Crippen molar-refractivity contribution in [1.82, 2.24) is 9.80 Å². The third-order valence-electron chi connectivity index (χ3n) is 2.87. The Hall–Kier alpha value is -2.32. The number of urea groups is 1. The minimum atomic E-state index is -0.985. The van der Waals surface area contributed by atoms with Gasteiger partial charge < -0.3 is 24.4 Å². The van der Waals surface area contributed by atoms with Crippen molar-refractivity contribution in [3.63, 3.8) is 0 Å². The lowest BCUT2D eigenvalue weighted by atomic mass is 10.0. The van der Waals surface area contributed by atoms with Gasteiger partial charge in [0.2, 0.25) is 0 Å². The van der Waals surface area contributed by atoms with Gasteiger partial charge in [-0.05, 0) is 0 Å². The van der Waals surface area contributed by atoms with Crippen molar-refractivity contribution in [2.75, 3.05) is 40.4 Å². The average molecular weight is 288 g/mol. The molecule has 0 aromatic heterocycles. The van der Waals surface area contributed by atoms with Crippen LogP contribution in [0.2, 0.25) is 0 Å². The normalized spacial score (nSPS) is 14.2. The summed E-state index contributed by atoms with van der Waals surface area (Å²) in [6, 6.07) is -0.599. The summed E-state index contributed by atoms with van der Waals surface area (Å²) >= 11 is 0. The third-order valence-corrected chi connectivity index (χ3v) is 2.87. The summed E-state index contributed by atoms with van der Waals surface area (Å²) in [6.45, 7) is -0.711. The molecule has 0 atom stereocenters. The maximum atomic E-state index is 12.0. The molecule has 9 heteroatoms. The number of ether oxygens (including phenoxy) is 2. The fourth-order valence-corrected chi connectivity index (χ4v) is 1.62. The number of amides is 2. The first-order valence-electron chi connectivity index (χ1n) is 5.79. The molecule has 0 radical (unpaired) electrons. The van der Waals surface area contributed by atoms with Gasteiger partial charge >= 0.3 is 23.9 Å². The molecular formula is C11H16N2O7. The van der Waals surface area contributed by atoms with Crippen LogP contribution in [0.3, 0.4) is 0 Å². The monoisotopic (exact) mass is 288 g/mol. The standard InChI is InChI=1S/C11H16N2O7/c1-19-8(14)5-13(6-9(15)20-2)11(18)12-3-7(4-12)10(16)17/h7H,3-6H2,1-2H3,(H,16,17). The number of likely N-dealkylation sites (tertiary alicyclic amines) is 1. The highest BCUT2D eigenvalue weighted by molar-refractivity contribution is 5.86. The molecule has 0 aromatic rings. The number of hydrogen-bond acceptors (Lipinski definition) is 6. The molecule has 1 saturated heterocycles. The van der Waals surface area contributed by atoms with Gasteiger partial charge in [-0.3, -0.25) is 14.4 Å². The average Bonchev–Trinajstić information content (AvgIpc) is 2.34. The molecule has 1 fully saturated rings. The molecule has 0 bridgehead atoms. The Morgan fingerprint density at radius 2 is 1.55 bits per heavy atom. The number of nitrogens with zero attached hydrogens (tertiary/aromatic N) is 2. The van der Waals surface area contributed by atoms with Crippen molar-refractivity contribution >= 4 is 23.9 Å². The number of aliphatic carboxylic acids is 1. The van der Waals surface area contributed by atoms with Crippen LogP contribution in [0.15, 0.2) is 0 Å². The number of methoxy groups -OCH3 is 2. The van der Waals surface area contributed by atoms with E-state index in [9.17, 15) is 19.2 Å². The van der Waals surface area contributed by atoms with E-state index in [1.165, 1.54) is 4.90 Å². The first kappa shape index (κ1) is 15.7.